The van der Waals surface area contributed by atoms with Crippen molar-refractivity contribution < 1.29 is 13.2 Å². The lowest BCUT2D eigenvalue weighted by Gasteiger charge is -2.19. The molecular formula is C14H11BrClF3N2. The van der Waals surface area contributed by atoms with Crippen LogP contribution in [0, 0.1) is 17.5 Å². The van der Waals surface area contributed by atoms with E-state index in [1.807, 2.05) is 0 Å². The van der Waals surface area contributed by atoms with Gasteiger partial charge < -0.3 is 0 Å². The summed E-state index contributed by atoms with van der Waals surface area (Å²) in [5.41, 5.74) is 2.52. The van der Waals surface area contributed by atoms with Crippen molar-refractivity contribution in [3.63, 3.8) is 0 Å². The molecule has 0 heterocycles. The first kappa shape index (κ1) is 16.3. The second-order valence-corrected chi connectivity index (χ2v) is 5.71. The van der Waals surface area contributed by atoms with Crippen LogP contribution in [0.5, 0.6) is 0 Å². The zero-order valence-electron chi connectivity index (χ0n) is 10.6. The molecule has 0 spiro atoms. The molecule has 0 saturated carbocycles. The molecule has 2 rings (SSSR count). The molecule has 0 amide bonds. The van der Waals surface area contributed by atoms with Gasteiger partial charge in [-0.1, -0.05) is 39.7 Å². The lowest BCUT2D eigenvalue weighted by molar-refractivity contribution is 0.471. The number of hydrogen-bond donors (Lipinski definition) is 2. The second-order valence-electron chi connectivity index (χ2n) is 4.42. The molecule has 0 aromatic heterocycles. The molecule has 2 aromatic carbocycles. The van der Waals surface area contributed by atoms with Crippen LogP contribution in [0.1, 0.15) is 17.2 Å². The van der Waals surface area contributed by atoms with E-state index >= 15 is 0 Å². The Morgan fingerprint density at radius 2 is 1.76 bits per heavy atom. The third kappa shape index (κ3) is 3.58. The van der Waals surface area contributed by atoms with Gasteiger partial charge in [-0.15, -0.1) is 0 Å². The van der Waals surface area contributed by atoms with E-state index in [4.69, 9.17) is 17.4 Å². The Kier molecular flexibility index (Phi) is 5.27. The molecule has 112 valence electrons. The van der Waals surface area contributed by atoms with Gasteiger partial charge >= 0.3 is 0 Å². The molecule has 0 radical (unpaired) electrons. The number of hydrogen-bond acceptors (Lipinski definition) is 2. The van der Waals surface area contributed by atoms with E-state index in [-0.39, 0.29) is 21.5 Å². The highest BCUT2D eigenvalue weighted by Gasteiger charge is 2.22. The number of nitrogens with one attached hydrogen (secondary N) is 1. The lowest BCUT2D eigenvalue weighted by Crippen LogP contribution is -2.31. The summed E-state index contributed by atoms with van der Waals surface area (Å²) in [7, 11) is 0. The highest BCUT2D eigenvalue weighted by Crippen LogP contribution is 2.29. The Bertz CT molecular complexity index is 644. The molecule has 0 fully saturated rings. The third-order valence-electron chi connectivity index (χ3n) is 3.05. The van der Waals surface area contributed by atoms with Gasteiger partial charge in [0.1, 0.15) is 17.5 Å². The van der Waals surface area contributed by atoms with Crippen LogP contribution in [0.15, 0.2) is 34.8 Å². The van der Waals surface area contributed by atoms with E-state index < -0.39 is 23.5 Å². The second kappa shape index (κ2) is 6.79. The number of nitrogens with two attached hydrogens (primary N) is 1. The molecule has 0 aliphatic heterocycles. The topological polar surface area (TPSA) is 38.0 Å². The summed E-state index contributed by atoms with van der Waals surface area (Å²) >= 11 is 8.85. The van der Waals surface area contributed by atoms with Crippen LogP contribution in [0.25, 0.3) is 0 Å². The van der Waals surface area contributed by atoms with Gasteiger partial charge in [-0.25, -0.2) is 13.2 Å². The first-order valence-electron chi connectivity index (χ1n) is 5.97. The lowest BCUT2D eigenvalue weighted by atomic mass is 9.98. The van der Waals surface area contributed by atoms with E-state index in [0.717, 1.165) is 12.1 Å². The molecule has 0 aliphatic carbocycles. The summed E-state index contributed by atoms with van der Waals surface area (Å²) in [4.78, 5) is 0. The smallest absolute Gasteiger partial charge is 0.142 e. The zero-order valence-corrected chi connectivity index (χ0v) is 13.0. The number of halogens is 5. The van der Waals surface area contributed by atoms with Crippen LogP contribution >= 0.6 is 27.5 Å². The predicted molar refractivity (Wildman–Crippen MR) is 79.2 cm³/mol. The highest BCUT2D eigenvalue weighted by atomic mass is 79.9. The van der Waals surface area contributed by atoms with Crippen molar-refractivity contribution in [2.75, 3.05) is 0 Å². The van der Waals surface area contributed by atoms with Gasteiger partial charge in [0.15, 0.2) is 0 Å². The van der Waals surface area contributed by atoms with Crippen molar-refractivity contribution >= 4 is 27.5 Å². The maximum atomic E-state index is 14.0. The summed E-state index contributed by atoms with van der Waals surface area (Å²) in [5, 5.41) is -0.0873. The van der Waals surface area contributed by atoms with Gasteiger partial charge in [-0.05, 0) is 30.2 Å². The molecule has 3 N–H and O–H groups in total. The van der Waals surface area contributed by atoms with Crippen molar-refractivity contribution in [1.82, 2.24) is 5.43 Å². The van der Waals surface area contributed by atoms with Crippen molar-refractivity contribution in [1.29, 1.82) is 0 Å². The van der Waals surface area contributed by atoms with Crippen LogP contribution in [0.2, 0.25) is 5.02 Å². The van der Waals surface area contributed by atoms with Crippen molar-refractivity contribution in [2.45, 2.75) is 12.5 Å². The van der Waals surface area contributed by atoms with Gasteiger partial charge in [-0.2, -0.15) is 0 Å². The average Bonchev–Trinajstić information content (AvgIpc) is 2.41. The maximum absolute atomic E-state index is 14.0. The van der Waals surface area contributed by atoms with E-state index in [9.17, 15) is 13.2 Å². The van der Waals surface area contributed by atoms with Crippen molar-refractivity contribution in [3.05, 3.63) is 68.4 Å². The SMILES string of the molecule is NNC(Cc1cccc(F)c1Cl)c1c(F)cc(Br)cc1F. The Labute approximate surface area is 133 Å². The van der Waals surface area contributed by atoms with Crippen LogP contribution < -0.4 is 11.3 Å². The number of rotatable bonds is 4. The standard InChI is InChI=1S/C14H11BrClF3N2/c15-8-5-10(18)13(11(19)6-8)12(21-20)4-7-2-1-3-9(17)14(7)16/h1-3,5-6,12,21H,4,20H2. The van der Waals surface area contributed by atoms with Crippen LogP contribution in [0.3, 0.4) is 0 Å². The molecule has 0 aliphatic rings. The molecule has 21 heavy (non-hydrogen) atoms. The number of hydrazine groups is 1. The van der Waals surface area contributed by atoms with Crippen molar-refractivity contribution in [3.8, 4) is 0 Å². The maximum Gasteiger partial charge on any atom is 0.142 e. The summed E-state index contributed by atoms with van der Waals surface area (Å²) in [6, 6.07) is 5.64. The molecule has 7 heteroatoms. The molecule has 2 aromatic rings. The molecular weight excluding hydrogens is 369 g/mol. The first-order valence-corrected chi connectivity index (χ1v) is 7.14. The molecule has 0 saturated heterocycles. The minimum atomic E-state index is -0.877. The van der Waals surface area contributed by atoms with E-state index in [1.54, 1.807) is 6.07 Å². The average molecular weight is 380 g/mol. The van der Waals surface area contributed by atoms with E-state index in [2.05, 4.69) is 21.4 Å². The monoisotopic (exact) mass is 378 g/mol. The summed E-state index contributed by atoms with van der Waals surface area (Å²) in [6.07, 6.45) is 0.0442. The Balaban J connectivity index is 2.39. The minimum Gasteiger partial charge on any atom is -0.271 e. The normalized spacial score (nSPS) is 12.5. The fourth-order valence-corrected chi connectivity index (χ4v) is 2.66. The molecule has 1 unspecified atom stereocenters. The van der Waals surface area contributed by atoms with Gasteiger partial charge in [0, 0.05) is 10.0 Å². The van der Waals surface area contributed by atoms with Gasteiger partial charge in [0.2, 0.25) is 0 Å². The van der Waals surface area contributed by atoms with Crippen LogP contribution in [-0.2, 0) is 6.42 Å². The predicted octanol–water partition coefficient (Wildman–Crippen LogP) is 4.27. The van der Waals surface area contributed by atoms with Gasteiger partial charge in [0.25, 0.3) is 0 Å². The van der Waals surface area contributed by atoms with E-state index in [0.29, 0.717) is 5.56 Å². The molecule has 0 bridgehead atoms. The fraction of sp³-hybridized carbons (Fsp3) is 0.143. The Morgan fingerprint density at radius 3 is 2.33 bits per heavy atom. The van der Waals surface area contributed by atoms with Crippen molar-refractivity contribution in [2.24, 2.45) is 5.84 Å². The largest absolute Gasteiger partial charge is 0.271 e. The van der Waals surface area contributed by atoms with Crippen LogP contribution in [0.4, 0.5) is 13.2 Å². The minimum absolute atomic E-state index is 0.0442. The third-order valence-corrected chi connectivity index (χ3v) is 3.93. The number of benzene rings is 2. The van der Waals surface area contributed by atoms with E-state index in [1.165, 1.54) is 12.1 Å². The highest BCUT2D eigenvalue weighted by molar-refractivity contribution is 9.10. The Hall–Kier alpha value is -1.08. The molecule has 1 atom stereocenters. The Morgan fingerprint density at radius 1 is 1.14 bits per heavy atom. The summed E-state index contributed by atoms with van der Waals surface area (Å²) < 4.78 is 41.6. The summed E-state index contributed by atoms with van der Waals surface area (Å²) in [5.74, 6) is 3.28. The van der Waals surface area contributed by atoms with Gasteiger partial charge in [-0.3, -0.25) is 11.3 Å². The molecule has 2 nitrogen and oxygen atoms in total. The van der Waals surface area contributed by atoms with Crippen LogP contribution in [-0.4, -0.2) is 0 Å². The first-order chi connectivity index (χ1) is 9.93. The van der Waals surface area contributed by atoms with Gasteiger partial charge in [0.05, 0.1) is 11.1 Å². The summed E-state index contributed by atoms with van der Waals surface area (Å²) in [6.45, 7) is 0. The zero-order chi connectivity index (χ0) is 15.6. The quantitative estimate of drug-likeness (QED) is 0.615. The fourth-order valence-electron chi connectivity index (χ4n) is 2.06.